The molecule has 0 aliphatic heterocycles. The van der Waals surface area contributed by atoms with Crippen LogP contribution in [0.3, 0.4) is 0 Å². The van der Waals surface area contributed by atoms with E-state index < -0.39 is 23.1 Å². The average molecular weight is 252 g/mol. The van der Waals surface area contributed by atoms with Crippen molar-refractivity contribution in [2.75, 3.05) is 0 Å². The van der Waals surface area contributed by atoms with Gasteiger partial charge in [0.2, 0.25) is 0 Å². The molecule has 0 amide bonds. The molecule has 0 N–H and O–H groups in total. The van der Waals surface area contributed by atoms with Gasteiger partial charge < -0.3 is 0 Å². The molecule has 0 unspecified atom stereocenters. The molecule has 0 bridgehead atoms. The minimum atomic E-state index is -0.991. The van der Waals surface area contributed by atoms with Crippen molar-refractivity contribution >= 4 is 21.6 Å². The van der Waals surface area contributed by atoms with E-state index in [1.54, 1.807) is 0 Å². The zero-order chi connectivity index (χ0) is 10.0. The smallest absolute Gasteiger partial charge is 0.258 e. The van der Waals surface area contributed by atoms with Crippen molar-refractivity contribution in [2.45, 2.75) is 6.67 Å². The molecule has 0 heterocycles. The predicted molar refractivity (Wildman–Crippen MR) is 45.6 cm³/mol. The van der Waals surface area contributed by atoms with Gasteiger partial charge in [0.25, 0.3) is 5.69 Å². The summed E-state index contributed by atoms with van der Waals surface area (Å²) in [5.41, 5.74) is -0.694. The molecule has 6 heteroatoms. The zero-order valence-electron chi connectivity index (χ0n) is 6.26. The number of halogens is 3. The molecule has 0 saturated carbocycles. The number of nitrogens with zero attached hydrogens (tertiary/aromatic N) is 1. The standard InChI is InChI=1S/C7H4BrF2NO2/c8-6-5(10)2-1-4(3-9)7(6)11(12)13/h1-2H,3H2. The van der Waals surface area contributed by atoms with Crippen LogP contribution in [0.15, 0.2) is 16.6 Å². The lowest BCUT2D eigenvalue weighted by Crippen LogP contribution is -1.96. The van der Waals surface area contributed by atoms with E-state index in [1.165, 1.54) is 0 Å². The average Bonchev–Trinajstić information content (AvgIpc) is 2.08. The Hall–Kier alpha value is -1.04. The van der Waals surface area contributed by atoms with Crippen LogP contribution in [0.4, 0.5) is 14.5 Å². The Labute approximate surface area is 80.6 Å². The first-order chi connectivity index (χ1) is 6.07. The molecule has 0 fully saturated rings. The Morgan fingerprint density at radius 3 is 2.62 bits per heavy atom. The van der Waals surface area contributed by atoms with Crippen molar-refractivity contribution in [3.8, 4) is 0 Å². The molecule has 1 aromatic carbocycles. The third kappa shape index (κ3) is 1.82. The van der Waals surface area contributed by atoms with Crippen molar-refractivity contribution in [3.05, 3.63) is 38.1 Å². The summed E-state index contributed by atoms with van der Waals surface area (Å²) >= 11 is 2.69. The van der Waals surface area contributed by atoms with Crippen LogP contribution in [0.5, 0.6) is 0 Å². The molecule has 0 radical (unpaired) electrons. The highest BCUT2D eigenvalue weighted by Gasteiger charge is 2.21. The summed E-state index contributed by atoms with van der Waals surface area (Å²) < 4.78 is 24.7. The molecule has 0 spiro atoms. The number of rotatable bonds is 2. The molecule has 13 heavy (non-hydrogen) atoms. The quantitative estimate of drug-likeness (QED) is 0.599. The molecule has 0 aliphatic carbocycles. The molecule has 0 saturated heterocycles. The van der Waals surface area contributed by atoms with Gasteiger partial charge in [-0.3, -0.25) is 10.1 Å². The van der Waals surface area contributed by atoms with Gasteiger partial charge in [0, 0.05) is 0 Å². The first-order valence-corrected chi connectivity index (χ1v) is 4.04. The van der Waals surface area contributed by atoms with E-state index in [-0.39, 0.29) is 10.0 Å². The largest absolute Gasteiger partial charge is 0.292 e. The fraction of sp³-hybridized carbons (Fsp3) is 0.143. The van der Waals surface area contributed by atoms with Crippen LogP contribution in [0.2, 0.25) is 0 Å². The molecule has 70 valence electrons. The lowest BCUT2D eigenvalue weighted by molar-refractivity contribution is -0.386. The maximum absolute atomic E-state index is 12.8. The number of benzene rings is 1. The summed E-state index contributed by atoms with van der Waals surface area (Å²) in [5, 5.41) is 10.4. The maximum atomic E-state index is 12.8. The minimum Gasteiger partial charge on any atom is -0.258 e. The number of alkyl halides is 1. The lowest BCUT2D eigenvalue weighted by Gasteiger charge is -2.00. The van der Waals surface area contributed by atoms with Crippen LogP contribution < -0.4 is 0 Å². The monoisotopic (exact) mass is 251 g/mol. The van der Waals surface area contributed by atoms with Gasteiger partial charge in [-0.1, -0.05) is 0 Å². The second kappa shape index (κ2) is 3.78. The van der Waals surface area contributed by atoms with Crippen molar-refractivity contribution < 1.29 is 13.7 Å². The summed E-state index contributed by atoms with van der Waals surface area (Å²) in [5.74, 6) is -0.774. The Bertz CT molecular complexity index is 357. The first-order valence-electron chi connectivity index (χ1n) is 3.25. The van der Waals surface area contributed by atoms with Crippen LogP contribution >= 0.6 is 15.9 Å². The molecule has 0 atom stereocenters. The molecule has 0 aliphatic rings. The van der Waals surface area contributed by atoms with Gasteiger partial charge in [0.1, 0.15) is 17.0 Å². The second-order valence-corrected chi connectivity index (χ2v) is 3.05. The van der Waals surface area contributed by atoms with Gasteiger partial charge >= 0.3 is 0 Å². The third-order valence-electron chi connectivity index (χ3n) is 1.48. The molecule has 0 aromatic heterocycles. The molecule has 1 rings (SSSR count). The maximum Gasteiger partial charge on any atom is 0.292 e. The molecule has 3 nitrogen and oxygen atoms in total. The van der Waals surface area contributed by atoms with Crippen molar-refractivity contribution in [1.82, 2.24) is 0 Å². The van der Waals surface area contributed by atoms with Crippen molar-refractivity contribution in [2.24, 2.45) is 0 Å². The summed E-state index contributed by atoms with van der Waals surface area (Å²) in [4.78, 5) is 9.58. The third-order valence-corrected chi connectivity index (χ3v) is 2.23. The van der Waals surface area contributed by atoms with Crippen LogP contribution in [0.1, 0.15) is 5.56 Å². The Balaban J connectivity index is 3.41. The normalized spacial score (nSPS) is 10.1. The van der Waals surface area contributed by atoms with E-state index in [9.17, 15) is 18.9 Å². The van der Waals surface area contributed by atoms with E-state index >= 15 is 0 Å². The first kappa shape index (κ1) is 10.0. The summed E-state index contributed by atoms with van der Waals surface area (Å²) in [7, 11) is 0. The van der Waals surface area contributed by atoms with Gasteiger partial charge in [-0.2, -0.15) is 0 Å². The molecular formula is C7H4BrF2NO2. The SMILES string of the molecule is O=[N+]([O-])c1c(CF)ccc(F)c1Br. The van der Waals surface area contributed by atoms with Crippen LogP contribution in [-0.4, -0.2) is 4.92 Å². The summed E-state index contributed by atoms with van der Waals surface area (Å²) in [6.45, 7) is -0.991. The Kier molecular flexibility index (Phi) is 2.92. The number of nitro benzene ring substituents is 1. The number of hydrogen-bond acceptors (Lipinski definition) is 2. The Morgan fingerprint density at radius 2 is 2.15 bits per heavy atom. The van der Waals surface area contributed by atoms with Crippen LogP contribution in [0, 0.1) is 15.9 Å². The molecular weight excluding hydrogens is 248 g/mol. The zero-order valence-corrected chi connectivity index (χ0v) is 7.85. The van der Waals surface area contributed by atoms with Gasteiger partial charge in [-0.25, -0.2) is 8.78 Å². The van der Waals surface area contributed by atoms with E-state index in [1.807, 2.05) is 0 Å². The van der Waals surface area contributed by atoms with E-state index in [2.05, 4.69) is 15.9 Å². The Morgan fingerprint density at radius 1 is 1.54 bits per heavy atom. The summed E-state index contributed by atoms with van der Waals surface area (Å²) in [6.07, 6.45) is 0. The number of nitro groups is 1. The topological polar surface area (TPSA) is 43.1 Å². The second-order valence-electron chi connectivity index (χ2n) is 2.26. The molecule has 1 aromatic rings. The van der Waals surface area contributed by atoms with Crippen molar-refractivity contribution in [3.63, 3.8) is 0 Å². The van der Waals surface area contributed by atoms with Crippen molar-refractivity contribution in [1.29, 1.82) is 0 Å². The lowest BCUT2D eigenvalue weighted by atomic mass is 10.2. The van der Waals surface area contributed by atoms with Gasteiger partial charge in [-0.05, 0) is 28.1 Å². The van der Waals surface area contributed by atoms with Gasteiger partial charge in [0.05, 0.1) is 10.5 Å². The highest BCUT2D eigenvalue weighted by atomic mass is 79.9. The van der Waals surface area contributed by atoms with E-state index in [0.29, 0.717) is 0 Å². The fourth-order valence-corrected chi connectivity index (χ4v) is 1.42. The minimum absolute atomic E-state index is 0.140. The van der Waals surface area contributed by atoms with Crippen LogP contribution in [0.25, 0.3) is 0 Å². The predicted octanol–water partition coefficient (Wildman–Crippen LogP) is 2.97. The summed E-state index contributed by atoms with van der Waals surface area (Å²) in [6, 6.07) is 2.03. The fourth-order valence-electron chi connectivity index (χ4n) is 0.885. The highest BCUT2D eigenvalue weighted by molar-refractivity contribution is 9.10. The van der Waals surface area contributed by atoms with Gasteiger partial charge in [0.15, 0.2) is 0 Å². The van der Waals surface area contributed by atoms with Crippen LogP contribution in [-0.2, 0) is 6.67 Å². The van der Waals surface area contributed by atoms with Gasteiger partial charge in [-0.15, -0.1) is 0 Å². The number of hydrogen-bond donors (Lipinski definition) is 0. The highest BCUT2D eigenvalue weighted by Crippen LogP contribution is 2.31. The van der Waals surface area contributed by atoms with E-state index in [0.717, 1.165) is 12.1 Å². The van der Waals surface area contributed by atoms with E-state index in [4.69, 9.17) is 0 Å².